The summed E-state index contributed by atoms with van der Waals surface area (Å²) in [6, 6.07) is 12.8. The first-order valence-electron chi connectivity index (χ1n) is 8.05. The highest BCUT2D eigenvalue weighted by Gasteiger charge is 2.10. The van der Waals surface area contributed by atoms with Crippen LogP contribution in [0.5, 0.6) is 5.75 Å². The van der Waals surface area contributed by atoms with E-state index in [1.54, 1.807) is 13.2 Å². The van der Waals surface area contributed by atoms with Crippen molar-refractivity contribution in [3.8, 4) is 5.75 Å². The Kier molecular flexibility index (Phi) is 6.54. The maximum absolute atomic E-state index is 12.3. The molecule has 0 aliphatic rings. The van der Waals surface area contributed by atoms with Gasteiger partial charge in [-0.3, -0.25) is 9.59 Å². The second-order valence-corrected chi connectivity index (χ2v) is 5.71. The van der Waals surface area contributed by atoms with Crippen molar-refractivity contribution in [2.24, 2.45) is 5.73 Å². The number of hydrogen-bond donors (Lipinski definition) is 3. The molecular weight excluding hydrogens is 318 g/mol. The zero-order chi connectivity index (χ0) is 18.2. The van der Waals surface area contributed by atoms with Gasteiger partial charge in [0.25, 0.3) is 0 Å². The topological polar surface area (TPSA) is 93.5 Å². The molecule has 0 saturated carbocycles. The molecular formula is C19H23N3O3. The molecule has 0 atom stereocenters. The Hall–Kier alpha value is -2.86. The summed E-state index contributed by atoms with van der Waals surface area (Å²) in [5, 5.41) is 5.63. The van der Waals surface area contributed by atoms with Gasteiger partial charge in [-0.1, -0.05) is 18.2 Å². The number of carbonyl (C=O) groups excluding carboxylic acids is 2. The fraction of sp³-hybridized carbons (Fsp3) is 0.263. The molecule has 0 saturated heterocycles. The first-order valence-corrected chi connectivity index (χ1v) is 8.05. The average Bonchev–Trinajstić information content (AvgIpc) is 2.58. The highest BCUT2D eigenvalue weighted by molar-refractivity contribution is 6.00. The number of ether oxygens (including phenoxy) is 1. The maximum Gasteiger partial charge on any atom is 0.228 e. The monoisotopic (exact) mass is 341 g/mol. The SMILES string of the molecule is COc1ccc(CC(=O)Nc2ccc(C)cc2NC(=O)CCN)cc1. The summed E-state index contributed by atoms with van der Waals surface area (Å²) in [4.78, 5) is 24.1. The summed E-state index contributed by atoms with van der Waals surface area (Å²) in [6.07, 6.45) is 0.460. The van der Waals surface area contributed by atoms with Gasteiger partial charge in [0.2, 0.25) is 11.8 Å². The van der Waals surface area contributed by atoms with Crippen LogP contribution in [0.3, 0.4) is 0 Å². The van der Waals surface area contributed by atoms with Crippen molar-refractivity contribution < 1.29 is 14.3 Å². The molecule has 25 heavy (non-hydrogen) atoms. The number of methoxy groups -OCH3 is 1. The first kappa shape index (κ1) is 18.5. The van der Waals surface area contributed by atoms with Crippen molar-refractivity contribution >= 4 is 23.2 Å². The number of nitrogens with two attached hydrogens (primary N) is 1. The van der Waals surface area contributed by atoms with Gasteiger partial charge in [0.05, 0.1) is 24.9 Å². The van der Waals surface area contributed by atoms with E-state index < -0.39 is 0 Å². The third-order valence-corrected chi connectivity index (χ3v) is 3.62. The molecule has 0 fully saturated rings. The molecule has 2 rings (SSSR count). The Balaban J connectivity index is 2.07. The summed E-state index contributed by atoms with van der Waals surface area (Å²) in [6.45, 7) is 2.19. The minimum Gasteiger partial charge on any atom is -0.497 e. The number of nitrogens with one attached hydrogen (secondary N) is 2. The van der Waals surface area contributed by atoms with Crippen LogP contribution in [0.25, 0.3) is 0 Å². The normalized spacial score (nSPS) is 10.2. The van der Waals surface area contributed by atoms with Gasteiger partial charge >= 0.3 is 0 Å². The third kappa shape index (κ3) is 5.61. The average molecular weight is 341 g/mol. The number of hydrogen-bond acceptors (Lipinski definition) is 4. The lowest BCUT2D eigenvalue weighted by atomic mass is 10.1. The molecule has 6 nitrogen and oxygen atoms in total. The fourth-order valence-corrected chi connectivity index (χ4v) is 2.34. The molecule has 0 aromatic heterocycles. The largest absolute Gasteiger partial charge is 0.497 e. The van der Waals surface area contributed by atoms with E-state index in [1.807, 2.05) is 43.3 Å². The lowest BCUT2D eigenvalue weighted by Gasteiger charge is -2.13. The van der Waals surface area contributed by atoms with Crippen LogP contribution in [0.4, 0.5) is 11.4 Å². The van der Waals surface area contributed by atoms with Crippen molar-refractivity contribution in [2.75, 3.05) is 24.3 Å². The van der Waals surface area contributed by atoms with Gasteiger partial charge < -0.3 is 21.1 Å². The molecule has 0 radical (unpaired) electrons. The Labute approximate surface area is 147 Å². The van der Waals surface area contributed by atoms with Gasteiger partial charge in [0.15, 0.2) is 0 Å². The zero-order valence-corrected chi connectivity index (χ0v) is 14.5. The van der Waals surface area contributed by atoms with E-state index in [0.29, 0.717) is 11.4 Å². The Morgan fingerprint density at radius 3 is 2.32 bits per heavy atom. The van der Waals surface area contributed by atoms with Crippen molar-refractivity contribution in [2.45, 2.75) is 19.8 Å². The van der Waals surface area contributed by atoms with E-state index in [-0.39, 0.29) is 31.2 Å². The predicted octanol–water partition coefficient (Wildman–Crippen LogP) is 2.47. The Morgan fingerprint density at radius 2 is 1.68 bits per heavy atom. The number of aryl methyl sites for hydroxylation is 1. The predicted molar refractivity (Wildman–Crippen MR) is 98.8 cm³/mol. The molecule has 0 unspecified atom stereocenters. The summed E-state index contributed by atoms with van der Waals surface area (Å²) in [7, 11) is 1.60. The fourth-order valence-electron chi connectivity index (χ4n) is 2.34. The lowest BCUT2D eigenvalue weighted by molar-refractivity contribution is -0.116. The summed E-state index contributed by atoms with van der Waals surface area (Å²) in [5.74, 6) is 0.398. The van der Waals surface area contributed by atoms with E-state index in [0.717, 1.165) is 16.9 Å². The molecule has 2 aromatic carbocycles. The number of rotatable bonds is 7. The molecule has 0 aliphatic carbocycles. The first-order chi connectivity index (χ1) is 12.0. The molecule has 0 spiro atoms. The van der Waals surface area contributed by atoms with Crippen LogP contribution < -0.4 is 21.1 Å². The number of carbonyl (C=O) groups is 2. The minimum absolute atomic E-state index is 0.164. The van der Waals surface area contributed by atoms with Crippen molar-refractivity contribution in [1.82, 2.24) is 0 Å². The second kappa shape index (κ2) is 8.84. The second-order valence-electron chi connectivity index (χ2n) is 5.71. The van der Waals surface area contributed by atoms with E-state index in [2.05, 4.69) is 10.6 Å². The Morgan fingerprint density at radius 1 is 1.00 bits per heavy atom. The van der Waals surface area contributed by atoms with Gasteiger partial charge in [-0.25, -0.2) is 0 Å². The molecule has 0 aliphatic heterocycles. The Bertz CT molecular complexity index is 742. The van der Waals surface area contributed by atoms with Crippen molar-refractivity contribution in [1.29, 1.82) is 0 Å². The molecule has 2 aromatic rings. The van der Waals surface area contributed by atoms with Crippen LogP contribution in [-0.4, -0.2) is 25.5 Å². The van der Waals surface area contributed by atoms with Crippen LogP contribution in [0.1, 0.15) is 17.5 Å². The highest BCUT2D eigenvalue weighted by Crippen LogP contribution is 2.23. The van der Waals surface area contributed by atoms with Gasteiger partial charge in [-0.05, 0) is 42.3 Å². The molecule has 2 amide bonds. The van der Waals surface area contributed by atoms with Gasteiger partial charge in [0.1, 0.15) is 5.75 Å². The quantitative estimate of drug-likeness (QED) is 0.721. The number of anilines is 2. The number of amides is 2. The van der Waals surface area contributed by atoms with Gasteiger partial charge in [-0.15, -0.1) is 0 Å². The highest BCUT2D eigenvalue weighted by atomic mass is 16.5. The summed E-state index contributed by atoms with van der Waals surface area (Å²) >= 11 is 0. The van der Waals surface area contributed by atoms with E-state index in [1.165, 1.54) is 0 Å². The van der Waals surface area contributed by atoms with E-state index in [9.17, 15) is 9.59 Å². The lowest BCUT2D eigenvalue weighted by Crippen LogP contribution is -2.19. The smallest absolute Gasteiger partial charge is 0.228 e. The van der Waals surface area contributed by atoms with Crippen LogP contribution in [0.15, 0.2) is 42.5 Å². The van der Waals surface area contributed by atoms with Crippen LogP contribution >= 0.6 is 0 Å². The van der Waals surface area contributed by atoms with Gasteiger partial charge in [0, 0.05) is 13.0 Å². The molecule has 0 heterocycles. The molecule has 6 heteroatoms. The molecule has 0 bridgehead atoms. The standard InChI is InChI=1S/C19H23N3O3/c1-13-3-8-16(17(11-13)22-18(23)9-10-20)21-19(24)12-14-4-6-15(25-2)7-5-14/h3-8,11H,9-10,12,20H2,1-2H3,(H,21,24)(H,22,23). The van der Waals surface area contributed by atoms with Crippen molar-refractivity contribution in [3.05, 3.63) is 53.6 Å². The van der Waals surface area contributed by atoms with Crippen LogP contribution in [-0.2, 0) is 16.0 Å². The van der Waals surface area contributed by atoms with Crippen molar-refractivity contribution in [3.63, 3.8) is 0 Å². The van der Waals surface area contributed by atoms with Crippen LogP contribution in [0, 0.1) is 6.92 Å². The van der Waals surface area contributed by atoms with E-state index in [4.69, 9.17) is 10.5 Å². The minimum atomic E-state index is -0.182. The molecule has 4 N–H and O–H groups in total. The third-order valence-electron chi connectivity index (χ3n) is 3.62. The van der Waals surface area contributed by atoms with Crippen LogP contribution in [0.2, 0.25) is 0 Å². The van der Waals surface area contributed by atoms with E-state index >= 15 is 0 Å². The zero-order valence-electron chi connectivity index (χ0n) is 14.5. The molecule has 132 valence electrons. The summed E-state index contributed by atoms with van der Waals surface area (Å²) < 4.78 is 5.10. The summed E-state index contributed by atoms with van der Waals surface area (Å²) in [5.41, 5.74) is 8.39. The number of benzene rings is 2. The van der Waals surface area contributed by atoms with Gasteiger partial charge in [-0.2, -0.15) is 0 Å². The maximum atomic E-state index is 12.3.